The van der Waals surface area contributed by atoms with E-state index in [-0.39, 0.29) is 23.5 Å². The molecule has 2 aliphatic rings. The molecule has 25 heavy (non-hydrogen) atoms. The summed E-state index contributed by atoms with van der Waals surface area (Å²) in [5.41, 5.74) is -0.658. The molecule has 0 atom stereocenters. The molecule has 1 amide bonds. The summed E-state index contributed by atoms with van der Waals surface area (Å²) in [5.74, 6) is -0.00134. The summed E-state index contributed by atoms with van der Waals surface area (Å²) in [6.45, 7) is 8.69. The predicted molar refractivity (Wildman–Crippen MR) is 96.3 cm³/mol. The standard InChI is InChI=1S/C19H34N2O4/c1-5-24-16(22)14-7-9-15(10-8-14)20-13-19(11-6-12-19)21-17(23)25-18(2,3)4/h14-15,20H,5-13H2,1-4H3,(H,21,23). The molecule has 0 bridgehead atoms. The van der Waals surface area contributed by atoms with Crippen LogP contribution < -0.4 is 10.6 Å². The molecule has 2 aliphatic carbocycles. The van der Waals surface area contributed by atoms with Gasteiger partial charge in [-0.2, -0.15) is 0 Å². The molecule has 6 nitrogen and oxygen atoms in total. The smallest absolute Gasteiger partial charge is 0.408 e. The highest BCUT2D eigenvalue weighted by Gasteiger charge is 2.40. The zero-order chi connectivity index (χ0) is 18.5. The maximum atomic E-state index is 12.1. The highest BCUT2D eigenvalue weighted by Crippen LogP contribution is 2.33. The molecule has 0 saturated heterocycles. The van der Waals surface area contributed by atoms with Crippen LogP contribution in [-0.4, -0.2) is 42.4 Å². The van der Waals surface area contributed by atoms with Gasteiger partial charge in [-0.05, 0) is 72.6 Å². The van der Waals surface area contributed by atoms with Crippen molar-refractivity contribution in [2.75, 3.05) is 13.2 Å². The first kappa shape index (κ1) is 20.0. The Balaban J connectivity index is 1.74. The molecule has 0 radical (unpaired) electrons. The van der Waals surface area contributed by atoms with Crippen LogP contribution in [0.2, 0.25) is 0 Å². The fourth-order valence-electron chi connectivity index (χ4n) is 3.60. The van der Waals surface area contributed by atoms with Crippen molar-refractivity contribution in [1.82, 2.24) is 10.6 Å². The van der Waals surface area contributed by atoms with Crippen molar-refractivity contribution in [3.8, 4) is 0 Å². The number of esters is 1. The van der Waals surface area contributed by atoms with E-state index in [4.69, 9.17) is 9.47 Å². The van der Waals surface area contributed by atoms with Gasteiger partial charge in [0.25, 0.3) is 0 Å². The van der Waals surface area contributed by atoms with E-state index in [2.05, 4.69) is 10.6 Å². The Morgan fingerprint density at radius 2 is 1.76 bits per heavy atom. The largest absolute Gasteiger partial charge is 0.466 e. The highest BCUT2D eigenvalue weighted by molar-refractivity contribution is 5.72. The van der Waals surface area contributed by atoms with Crippen LogP contribution in [0.3, 0.4) is 0 Å². The summed E-state index contributed by atoms with van der Waals surface area (Å²) >= 11 is 0. The van der Waals surface area contributed by atoms with E-state index in [1.165, 1.54) is 0 Å². The Kier molecular flexibility index (Phi) is 6.72. The van der Waals surface area contributed by atoms with E-state index in [1.807, 2.05) is 27.7 Å². The number of nitrogens with one attached hydrogen (secondary N) is 2. The quantitative estimate of drug-likeness (QED) is 0.717. The molecule has 0 aromatic heterocycles. The lowest BCUT2D eigenvalue weighted by atomic mass is 9.76. The third-order valence-electron chi connectivity index (χ3n) is 5.15. The monoisotopic (exact) mass is 354 g/mol. The molecule has 0 aromatic carbocycles. The van der Waals surface area contributed by atoms with Crippen molar-refractivity contribution in [2.24, 2.45) is 5.92 Å². The average molecular weight is 354 g/mol. The molecular formula is C19H34N2O4. The van der Waals surface area contributed by atoms with Crippen LogP contribution in [-0.2, 0) is 14.3 Å². The van der Waals surface area contributed by atoms with Gasteiger partial charge in [-0.1, -0.05) is 0 Å². The summed E-state index contributed by atoms with van der Waals surface area (Å²) in [6, 6.07) is 0.406. The summed E-state index contributed by atoms with van der Waals surface area (Å²) in [5, 5.41) is 6.67. The SMILES string of the molecule is CCOC(=O)C1CCC(NCC2(NC(=O)OC(C)(C)C)CCC2)CC1. The van der Waals surface area contributed by atoms with Crippen LogP contribution >= 0.6 is 0 Å². The first-order valence-electron chi connectivity index (χ1n) is 9.64. The molecule has 2 fully saturated rings. The van der Waals surface area contributed by atoms with Gasteiger partial charge in [0.05, 0.1) is 18.1 Å². The fraction of sp³-hybridized carbons (Fsp3) is 0.895. The lowest BCUT2D eigenvalue weighted by Gasteiger charge is -2.44. The first-order chi connectivity index (χ1) is 11.7. The minimum Gasteiger partial charge on any atom is -0.466 e. The van der Waals surface area contributed by atoms with E-state index in [9.17, 15) is 9.59 Å². The molecule has 144 valence electrons. The number of hydrogen-bond acceptors (Lipinski definition) is 5. The van der Waals surface area contributed by atoms with E-state index >= 15 is 0 Å². The minimum absolute atomic E-state index is 0.0514. The van der Waals surface area contributed by atoms with E-state index in [0.717, 1.165) is 51.5 Å². The molecule has 0 heterocycles. The van der Waals surface area contributed by atoms with Crippen LogP contribution in [0.25, 0.3) is 0 Å². The van der Waals surface area contributed by atoms with Crippen LogP contribution in [0.1, 0.15) is 72.6 Å². The number of ether oxygens (including phenoxy) is 2. The number of alkyl carbamates (subject to hydrolysis) is 1. The Labute approximate surface area is 151 Å². The van der Waals surface area contributed by atoms with Gasteiger partial charge in [-0.15, -0.1) is 0 Å². The highest BCUT2D eigenvalue weighted by atomic mass is 16.6. The number of rotatable bonds is 6. The molecule has 0 spiro atoms. The molecule has 0 unspecified atom stereocenters. The van der Waals surface area contributed by atoms with Crippen LogP contribution in [0, 0.1) is 5.92 Å². The summed E-state index contributed by atoms with van der Waals surface area (Å²) in [6.07, 6.45) is 6.48. The fourth-order valence-corrected chi connectivity index (χ4v) is 3.60. The van der Waals surface area contributed by atoms with Gasteiger partial charge in [0.1, 0.15) is 5.60 Å². The van der Waals surface area contributed by atoms with Crippen LogP contribution in [0.5, 0.6) is 0 Å². The van der Waals surface area contributed by atoms with Crippen molar-refractivity contribution >= 4 is 12.1 Å². The lowest BCUT2D eigenvalue weighted by molar-refractivity contribution is -0.149. The molecular weight excluding hydrogens is 320 g/mol. The van der Waals surface area contributed by atoms with Crippen LogP contribution in [0.15, 0.2) is 0 Å². The average Bonchev–Trinajstić information content (AvgIpc) is 2.48. The van der Waals surface area contributed by atoms with Crippen molar-refractivity contribution in [3.05, 3.63) is 0 Å². The maximum Gasteiger partial charge on any atom is 0.408 e. The second kappa shape index (κ2) is 8.39. The number of carbonyl (C=O) groups is 2. The Bertz CT molecular complexity index is 461. The van der Waals surface area contributed by atoms with Gasteiger partial charge in [-0.3, -0.25) is 4.79 Å². The van der Waals surface area contributed by atoms with E-state index < -0.39 is 5.60 Å². The number of carbonyl (C=O) groups excluding carboxylic acids is 2. The van der Waals surface area contributed by atoms with Gasteiger partial charge in [0.15, 0.2) is 0 Å². The predicted octanol–water partition coefficient (Wildman–Crippen LogP) is 3.15. The number of hydrogen-bond donors (Lipinski definition) is 2. The third kappa shape index (κ3) is 6.17. The molecule has 0 aliphatic heterocycles. The summed E-state index contributed by atoms with van der Waals surface area (Å²) in [4.78, 5) is 23.9. The Morgan fingerprint density at radius 1 is 1.12 bits per heavy atom. The Hall–Kier alpha value is -1.30. The zero-order valence-corrected chi connectivity index (χ0v) is 16.2. The van der Waals surface area contributed by atoms with Crippen molar-refractivity contribution in [2.45, 2.75) is 89.8 Å². The third-order valence-corrected chi connectivity index (χ3v) is 5.15. The van der Waals surface area contributed by atoms with Crippen LogP contribution in [0.4, 0.5) is 4.79 Å². The molecule has 2 N–H and O–H groups in total. The van der Waals surface area contributed by atoms with Gasteiger partial charge in [0, 0.05) is 12.6 Å². The summed E-state index contributed by atoms with van der Waals surface area (Å²) in [7, 11) is 0. The van der Waals surface area contributed by atoms with Gasteiger partial charge < -0.3 is 20.1 Å². The molecule has 2 saturated carbocycles. The minimum atomic E-state index is -0.478. The van der Waals surface area contributed by atoms with Crippen molar-refractivity contribution in [1.29, 1.82) is 0 Å². The molecule has 0 aromatic rings. The van der Waals surface area contributed by atoms with E-state index in [1.54, 1.807) is 0 Å². The normalized spacial score (nSPS) is 25.6. The van der Waals surface area contributed by atoms with E-state index in [0.29, 0.717) is 12.6 Å². The Morgan fingerprint density at radius 3 is 2.24 bits per heavy atom. The van der Waals surface area contributed by atoms with Crippen molar-refractivity contribution in [3.63, 3.8) is 0 Å². The zero-order valence-electron chi connectivity index (χ0n) is 16.2. The van der Waals surface area contributed by atoms with Crippen molar-refractivity contribution < 1.29 is 19.1 Å². The molecule has 6 heteroatoms. The van der Waals surface area contributed by atoms with Gasteiger partial charge in [-0.25, -0.2) is 4.79 Å². The van der Waals surface area contributed by atoms with Gasteiger partial charge in [0.2, 0.25) is 0 Å². The maximum absolute atomic E-state index is 12.1. The first-order valence-corrected chi connectivity index (χ1v) is 9.64. The summed E-state index contributed by atoms with van der Waals surface area (Å²) < 4.78 is 10.5. The second-order valence-electron chi connectivity index (χ2n) is 8.44. The second-order valence-corrected chi connectivity index (χ2v) is 8.44. The van der Waals surface area contributed by atoms with Gasteiger partial charge >= 0.3 is 12.1 Å². The topological polar surface area (TPSA) is 76.7 Å². The number of amides is 1. The lowest BCUT2D eigenvalue weighted by Crippen LogP contribution is -2.61. The molecule has 2 rings (SSSR count).